The molecule has 3 saturated carbocycles. The molecule has 0 bridgehead atoms. The van der Waals surface area contributed by atoms with Gasteiger partial charge in [0.2, 0.25) is 0 Å². The van der Waals surface area contributed by atoms with Crippen LogP contribution in [0.1, 0.15) is 78.6 Å². The lowest BCUT2D eigenvalue weighted by molar-refractivity contribution is -0.325. The zero-order valence-electron chi connectivity index (χ0n) is 19.0. The number of aliphatic hydroxyl groups is 5. The van der Waals surface area contributed by atoms with Crippen LogP contribution in [-0.4, -0.2) is 82.9 Å². The van der Waals surface area contributed by atoms with E-state index in [2.05, 4.69) is 4.90 Å². The minimum Gasteiger partial charge on any atom is -0.393 e. The normalized spacial score (nSPS) is 65.2. The Hall–Kier alpha value is -0.280. The van der Waals surface area contributed by atoms with E-state index in [1.165, 1.54) is 19.3 Å². The highest BCUT2D eigenvalue weighted by atomic mass is 16.6. The Kier molecular flexibility index (Phi) is 4.14. The monoisotopic (exact) mass is 437 g/mol. The zero-order chi connectivity index (χ0) is 22.2. The Morgan fingerprint density at radius 2 is 1.48 bits per heavy atom. The van der Waals surface area contributed by atoms with Gasteiger partial charge in [0, 0.05) is 30.2 Å². The summed E-state index contributed by atoms with van der Waals surface area (Å²) in [6.07, 6.45) is 6.17. The van der Waals surface area contributed by atoms with Gasteiger partial charge < -0.3 is 30.3 Å². The van der Waals surface area contributed by atoms with Gasteiger partial charge in [0.1, 0.15) is 11.2 Å². The maximum Gasteiger partial charge on any atom is 0.180 e. The number of aliphatic hydroxyl groups excluding tert-OH is 2. The van der Waals surface area contributed by atoms with Crippen LogP contribution in [0, 0.1) is 17.8 Å². The molecule has 5 N–H and O–H groups in total. The first kappa shape index (κ1) is 21.3. The second-order valence-corrected chi connectivity index (χ2v) is 12.2. The molecule has 7 nitrogen and oxygen atoms in total. The van der Waals surface area contributed by atoms with Crippen LogP contribution < -0.4 is 0 Å². The topological polar surface area (TPSA) is 113 Å². The summed E-state index contributed by atoms with van der Waals surface area (Å²) in [5.74, 6) is -1.11. The minimum atomic E-state index is -1.51. The van der Waals surface area contributed by atoms with Crippen molar-refractivity contribution in [3.05, 3.63) is 0 Å². The van der Waals surface area contributed by atoms with Gasteiger partial charge >= 0.3 is 0 Å². The molecule has 3 aliphatic carbocycles. The number of hydrogen-bond donors (Lipinski definition) is 5. The fraction of sp³-hybridized carbons (Fsp3) is 1.00. The molecule has 6 fully saturated rings. The van der Waals surface area contributed by atoms with Gasteiger partial charge in [-0.1, -0.05) is 32.1 Å². The summed E-state index contributed by atoms with van der Waals surface area (Å²) in [6.45, 7) is 5.16. The highest BCUT2D eigenvalue weighted by Gasteiger charge is 3.02. The molecule has 7 heteroatoms. The van der Waals surface area contributed by atoms with Crippen molar-refractivity contribution in [3.8, 4) is 0 Å². The lowest BCUT2D eigenvalue weighted by atomic mass is 9.53. The standard InChI is InChI=1S/C24H39NO6/c1-20(28)12-13(26)11-15-19-23-17(21(15,2)29)16(27)18(23)22(3,30)24(20,25(19)23)31-14-9-7-5-4-6-8-10-14/h13-19,26-30H,4-12H2,1-3H3/t13?,15?,16?,17-,18?,19-,20+,21?,22-,23-,24?,25-/m1/s1. The van der Waals surface area contributed by atoms with Crippen LogP contribution in [0.25, 0.3) is 0 Å². The van der Waals surface area contributed by atoms with E-state index in [4.69, 9.17) is 4.74 Å². The third kappa shape index (κ3) is 2.12. The smallest absolute Gasteiger partial charge is 0.180 e. The quantitative estimate of drug-likeness (QED) is 0.408. The Morgan fingerprint density at radius 1 is 0.871 bits per heavy atom. The van der Waals surface area contributed by atoms with Gasteiger partial charge in [-0.05, 0) is 40.0 Å². The van der Waals surface area contributed by atoms with Crippen LogP contribution in [0.3, 0.4) is 0 Å². The molecule has 176 valence electrons. The third-order valence-corrected chi connectivity index (χ3v) is 10.5. The Balaban J connectivity index is 1.49. The summed E-state index contributed by atoms with van der Waals surface area (Å²) in [4.78, 5) is 2.15. The van der Waals surface area contributed by atoms with Crippen LogP contribution in [0.5, 0.6) is 0 Å². The maximum atomic E-state index is 12.1. The Labute approximate surface area is 184 Å². The summed E-state index contributed by atoms with van der Waals surface area (Å²) < 4.78 is 6.90. The molecule has 1 spiro atoms. The van der Waals surface area contributed by atoms with E-state index in [1.807, 2.05) is 0 Å². The summed E-state index contributed by atoms with van der Waals surface area (Å²) in [5.41, 5.74) is -6.10. The first-order valence-electron chi connectivity index (χ1n) is 12.5. The highest BCUT2D eigenvalue weighted by Crippen LogP contribution is 2.85. The van der Waals surface area contributed by atoms with Gasteiger partial charge in [-0.2, -0.15) is 0 Å². The van der Waals surface area contributed by atoms with E-state index in [-0.39, 0.29) is 24.5 Å². The molecule has 31 heavy (non-hydrogen) atoms. The summed E-state index contributed by atoms with van der Waals surface area (Å²) in [6, 6.07) is -0.101. The third-order valence-electron chi connectivity index (χ3n) is 10.5. The Morgan fingerprint density at radius 3 is 2.13 bits per heavy atom. The van der Waals surface area contributed by atoms with Crippen LogP contribution in [0.4, 0.5) is 0 Å². The van der Waals surface area contributed by atoms with Crippen molar-refractivity contribution in [2.75, 3.05) is 0 Å². The number of hydrogen-bond acceptors (Lipinski definition) is 7. The molecule has 0 aromatic carbocycles. The van der Waals surface area contributed by atoms with Crippen LogP contribution in [-0.2, 0) is 4.74 Å². The van der Waals surface area contributed by atoms with Gasteiger partial charge in [0.05, 0.1) is 29.5 Å². The van der Waals surface area contributed by atoms with E-state index in [0.717, 1.165) is 25.7 Å². The lowest BCUT2D eigenvalue weighted by Gasteiger charge is -2.57. The maximum absolute atomic E-state index is 12.1. The first-order chi connectivity index (χ1) is 14.5. The van der Waals surface area contributed by atoms with Crippen molar-refractivity contribution >= 4 is 0 Å². The second-order valence-electron chi connectivity index (χ2n) is 12.2. The highest BCUT2D eigenvalue weighted by molar-refractivity contribution is 5.52. The van der Waals surface area contributed by atoms with E-state index in [1.54, 1.807) is 20.8 Å². The molecule has 0 amide bonds. The largest absolute Gasteiger partial charge is 0.393 e. The van der Waals surface area contributed by atoms with Gasteiger partial charge in [-0.3, -0.25) is 4.90 Å². The lowest BCUT2D eigenvalue weighted by Crippen LogP contribution is -2.74. The molecule has 3 heterocycles. The SMILES string of the molecule is CC1(O)C2CC(O)C[C@](C)(O)C3(OC4CCCCCCC4)[N@]4[C@H]2[C@@]42C(C(O)[C@H]12)[C@@]3(C)O. The molecular formula is C24H39NO6. The van der Waals surface area contributed by atoms with Crippen molar-refractivity contribution in [2.24, 2.45) is 17.8 Å². The van der Waals surface area contributed by atoms with Crippen LogP contribution in [0.15, 0.2) is 0 Å². The molecule has 3 aliphatic heterocycles. The fourth-order valence-electron chi connectivity index (χ4n) is 9.63. The molecule has 6 rings (SSSR count). The van der Waals surface area contributed by atoms with E-state index < -0.39 is 52.1 Å². The Bertz CT molecular complexity index is 776. The second kappa shape index (κ2) is 6.04. The summed E-state index contributed by atoms with van der Waals surface area (Å²) in [7, 11) is 0. The average Bonchev–Trinajstić information content (AvgIpc) is 3.17. The van der Waals surface area contributed by atoms with Crippen molar-refractivity contribution < 1.29 is 30.3 Å². The van der Waals surface area contributed by atoms with Gasteiger partial charge in [-0.15, -0.1) is 0 Å². The fourth-order valence-corrected chi connectivity index (χ4v) is 9.63. The predicted octanol–water partition coefficient (Wildman–Crippen LogP) is 0.893. The number of ether oxygens (including phenoxy) is 1. The molecule has 3 saturated heterocycles. The molecule has 0 aromatic rings. The van der Waals surface area contributed by atoms with Crippen molar-refractivity contribution in [1.29, 1.82) is 0 Å². The molecule has 12 atom stereocenters. The molecular weight excluding hydrogens is 398 g/mol. The summed E-state index contributed by atoms with van der Waals surface area (Å²) >= 11 is 0. The first-order valence-corrected chi connectivity index (χ1v) is 12.5. The zero-order valence-corrected chi connectivity index (χ0v) is 19.0. The number of piperidine rings is 2. The summed E-state index contributed by atoms with van der Waals surface area (Å²) in [5, 5.41) is 57.5. The molecule has 0 aromatic heterocycles. The van der Waals surface area contributed by atoms with Gasteiger partial charge in [-0.25, -0.2) is 0 Å². The molecule has 6 unspecified atom stereocenters. The van der Waals surface area contributed by atoms with E-state index in [0.29, 0.717) is 6.42 Å². The van der Waals surface area contributed by atoms with Crippen molar-refractivity contribution in [1.82, 2.24) is 4.90 Å². The van der Waals surface area contributed by atoms with Gasteiger partial charge in [0.25, 0.3) is 0 Å². The molecule has 6 aliphatic rings. The van der Waals surface area contributed by atoms with Crippen molar-refractivity contribution in [2.45, 2.75) is 131 Å². The molecule has 0 radical (unpaired) electrons. The average molecular weight is 438 g/mol. The van der Waals surface area contributed by atoms with Crippen molar-refractivity contribution in [3.63, 3.8) is 0 Å². The van der Waals surface area contributed by atoms with Gasteiger partial charge in [0.15, 0.2) is 5.72 Å². The van der Waals surface area contributed by atoms with E-state index >= 15 is 0 Å². The number of rotatable bonds is 2. The predicted molar refractivity (Wildman–Crippen MR) is 112 cm³/mol. The minimum absolute atomic E-state index is 0.0647. The van der Waals surface area contributed by atoms with Crippen LogP contribution >= 0.6 is 0 Å². The number of nitrogens with zero attached hydrogens (tertiary/aromatic N) is 1. The van der Waals surface area contributed by atoms with Crippen LogP contribution in [0.2, 0.25) is 0 Å². The van der Waals surface area contributed by atoms with E-state index in [9.17, 15) is 25.5 Å².